The highest BCUT2D eigenvalue weighted by atomic mass is 32.1. The van der Waals surface area contributed by atoms with Crippen molar-refractivity contribution in [3.05, 3.63) is 0 Å². The Kier molecular flexibility index (Phi) is 2.56. The minimum Gasteiger partial charge on any atom is -0.480 e. The molecule has 1 rings (SSSR count). The summed E-state index contributed by atoms with van der Waals surface area (Å²) in [6.45, 7) is 0.875. The number of rotatable bonds is 2. The summed E-state index contributed by atoms with van der Waals surface area (Å²) in [5, 5.41) is 8.64. The molecule has 1 aliphatic heterocycles. The number of thiol groups is 1. The molecule has 0 aliphatic carbocycles. The SMILES string of the molecule is O=C(O)[C@@H]1CCCN1CS. The topological polar surface area (TPSA) is 40.5 Å². The molecule has 0 spiro atoms. The van der Waals surface area contributed by atoms with Crippen LogP contribution in [0.4, 0.5) is 0 Å². The second kappa shape index (κ2) is 3.25. The average molecular weight is 161 g/mol. The Morgan fingerprint density at radius 1 is 1.80 bits per heavy atom. The maximum Gasteiger partial charge on any atom is 0.320 e. The first kappa shape index (κ1) is 7.88. The van der Waals surface area contributed by atoms with Crippen molar-refractivity contribution in [1.29, 1.82) is 0 Å². The first-order valence-electron chi connectivity index (χ1n) is 3.33. The van der Waals surface area contributed by atoms with Crippen molar-refractivity contribution in [2.45, 2.75) is 18.9 Å². The zero-order chi connectivity index (χ0) is 7.56. The molecule has 10 heavy (non-hydrogen) atoms. The number of hydrogen-bond acceptors (Lipinski definition) is 3. The lowest BCUT2D eigenvalue weighted by atomic mass is 10.2. The summed E-state index contributed by atoms with van der Waals surface area (Å²) in [5.74, 6) is -0.164. The Morgan fingerprint density at radius 2 is 2.50 bits per heavy atom. The van der Waals surface area contributed by atoms with Gasteiger partial charge >= 0.3 is 5.97 Å². The molecule has 1 heterocycles. The highest BCUT2D eigenvalue weighted by Crippen LogP contribution is 2.16. The monoisotopic (exact) mass is 161 g/mol. The molecule has 0 radical (unpaired) electrons. The van der Waals surface area contributed by atoms with Crippen LogP contribution in [-0.2, 0) is 4.79 Å². The molecule has 58 valence electrons. The second-order valence-corrected chi connectivity index (χ2v) is 2.73. The third kappa shape index (κ3) is 1.44. The summed E-state index contributed by atoms with van der Waals surface area (Å²) in [6.07, 6.45) is 1.76. The molecule has 0 unspecified atom stereocenters. The van der Waals surface area contributed by atoms with Crippen molar-refractivity contribution in [3.8, 4) is 0 Å². The van der Waals surface area contributed by atoms with E-state index in [1.54, 1.807) is 0 Å². The number of carboxylic acid groups (broad SMARTS) is 1. The standard InChI is InChI=1S/C6H11NO2S/c8-6(9)5-2-1-3-7(5)4-10/h5,10H,1-4H2,(H,8,9)/t5-/m0/s1. The fourth-order valence-electron chi connectivity index (χ4n) is 1.28. The van der Waals surface area contributed by atoms with Gasteiger partial charge in [0.25, 0.3) is 0 Å². The molecule has 0 aromatic carbocycles. The zero-order valence-corrected chi connectivity index (χ0v) is 6.55. The second-order valence-electron chi connectivity index (χ2n) is 2.45. The molecular weight excluding hydrogens is 150 g/mol. The third-order valence-electron chi connectivity index (χ3n) is 1.83. The number of carboxylic acids is 1. The first-order valence-corrected chi connectivity index (χ1v) is 3.96. The van der Waals surface area contributed by atoms with Gasteiger partial charge in [0.2, 0.25) is 0 Å². The minimum absolute atomic E-state index is 0.280. The van der Waals surface area contributed by atoms with Crippen LogP contribution in [-0.4, -0.2) is 34.4 Å². The van der Waals surface area contributed by atoms with Gasteiger partial charge in [-0.3, -0.25) is 9.69 Å². The molecule has 1 saturated heterocycles. The highest BCUT2D eigenvalue weighted by molar-refractivity contribution is 7.80. The van der Waals surface area contributed by atoms with Crippen molar-refractivity contribution < 1.29 is 9.90 Å². The highest BCUT2D eigenvalue weighted by Gasteiger charge is 2.28. The number of likely N-dealkylation sites (tertiary alicyclic amines) is 1. The van der Waals surface area contributed by atoms with Crippen LogP contribution in [0.2, 0.25) is 0 Å². The molecule has 0 aromatic rings. The average Bonchev–Trinajstić information content (AvgIpc) is 2.33. The van der Waals surface area contributed by atoms with Gasteiger partial charge in [-0.1, -0.05) is 0 Å². The van der Waals surface area contributed by atoms with E-state index >= 15 is 0 Å². The van der Waals surface area contributed by atoms with Crippen LogP contribution >= 0.6 is 12.6 Å². The van der Waals surface area contributed by atoms with Gasteiger partial charge in [0.05, 0.1) is 0 Å². The predicted molar refractivity (Wildman–Crippen MR) is 41.2 cm³/mol. The third-order valence-corrected chi connectivity index (χ3v) is 2.19. The van der Waals surface area contributed by atoms with Gasteiger partial charge in [-0.2, -0.15) is 12.6 Å². The molecule has 3 nitrogen and oxygen atoms in total. The van der Waals surface area contributed by atoms with Crippen LogP contribution in [0, 0.1) is 0 Å². The van der Waals surface area contributed by atoms with Crippen molar-refractivity contribution in [2.75, 3.05) is 12.4 Å². The van der Waals surface area contributed by atoms with E-state index in [1.165, 1.54) is 0 Å². The Labute approximate surface area is 65.4 Å². The van der Waals surface area contributed by atoms with Crippen molar-refractivity contribution in [1.82, 2.24) is 4.90 Å². The van der Waals surface area contributed by atoms with E-state index in [9.17, 15) is 4.79 Å². The van der Waals surface area contributed by atoms with Gasteiger partial charge in [0.15, 0.2) is 0 Å². The van der Waals surface area contributed by atoms with Crippen LogP contribution in [0.15, 0.2) is 0 Å². The molecule has 0 saturated carbocycles. The molecule has 0 amide bonds. The van der Waals surface area contributed by atoms with Gasteiger partial charge in [0, 0.05) is 5.88 Å². The van der Waals surface area contributed by atoms with Gasteiger partial charge in [-0.25, -0.2) is 0 Å². The van der Waals surface area contributed by atoms with E-state index in [0.717, 1.165) is 19.4 Å². The summed E-state index contributed by atoms with van der Waals surface area (Å²) in [5.41, 5.74) is 0. The van der Waals surface area contributed by atoms with E-state index in [4.69, 9.17) is 5.11 Å². The minimum atomic E-state index is -0.716. The van der Waals surface area contributed by atoms with Crippen molar-refractivity contribution in [3.63, 3.8) is 0 Å². The Morgan fingerprint density at radius 3 is 2.90 bits per heavy atom. The van der Waals surface area contributed by atoms with Crippen molar-refractivity contribution >= 4 is 18.6 Å². The van der Waals surface area contributed by atoms with Gasteiger partial charge in [-0.15, -0.1) is 0 Å². The number of carbonyl (C=O) groups is 1. The van der Waals surface area contributed by atoms with E-state index in [-0.39, 0.29) is 6.04 Å². The van der Waals surface area contributed by atoms with Crippen LogP contribution < -0.4 is 0 Å². The lowest BCUT2D eigenvalue weighted by Gasteiger charge is -2.17. The molecule has 0 aromatic heterocycles. The van der Waals surface area contributed by atoms with Gasteiger partial charge < -0.3 is 5.11 Å². The Balaban J connectivity index is 2.50. The fraction of sp³-hybridized carbons (Fsp3) is 0.833. The Bertz CT molecular complexity index is 140. The quantitative estimate of drug-likeness (QED) is 0.577. The largest absolute Gasteiger partial charge is 0.480 e. The summed E-state index contributed by atoms with van der Waals surface area (Å²) in [7, 11) is 0. The molecule has 4 heteroatoms. The number of nitrogens with zero attached hydrogens (tertiary/aromatic N) is 1. The van der Waals surface area contributed by atoms with E-state index < -0.39 is 5.97 Å². The van der Waals surface area contributed by atoms with Gasteiger partial charge in [0.1, 0.15) is 6.04 Å². The van der Waals surface area contributed by atoms with Crippen LogP contribution in [0.3, 0.4) is 0 Å². The van der Waals surface area contributed by atoms with E-state index in [0.29, 0.717) is 5.88 Å². The first-order chi connectivity index (χ1) is 4.75. The zero-order valence-electron chi connectivity index (χ0n) is 5.66. The Hall–Kier alpha value is -0.220. The summed E-state index contributed by atoms with van der Waals surface area (Å²) in [6, 6.07) is -0.280. The predicted octanol–water partition coefficient (Wildman–Crippen LogP) is 0.423. The van der Waals surface area contributed by atoms with Crippen LogP contribution in [0.25, 0.3) is 0 Å². The smallest absolute Gasteiger partial charge is 0.320 e. The summed E-state index contributed by atoms with van der Waals surface area (Å²) < 4.78 is 0. The molecule has 1 N–H and O–H groups in total. The lowest BCUT2D eigenvalue weighted by Crippen LogP contribution is -2.34. The molecule has 1 fully saturated rings. The molecule has 1 atom stereocenters. The lowest BCUT2D eigenvalue weighted by molar-refractivity contribution is -0.141. The molecule has 0 bridgehead atoms. The number of aliphatic carboxylic acids is 1. The fourth-order valence-corrected chi connectivity index (χ4v) is 1.61. The van der Waals surface area contributed by atoms with E-state index in [1.807, 2.05) is 4.90 Å². The summed E-state index contributed by atoms with van der Waals surface area (Å²) >= 11 is 4.03. The normalized spacial score (nSPS) is 27.1. The molecular formula is C6H11NO2S. The van der Waals surface area contributed by atoms with E-state index in [2.05, 4.69) is 12.6 Å². The maximum absolute atomic E-state index is 10.5. The molecule has 1 aliphatic rings. The van der Waals surface area contributed by atoms with Gasteiger partial charge in [-0.05, 0) is 19.4 Å². The van der Waals surface area contributed by atoms with Crippen LogP contribution in [0.5, 0.6) is 0 Å². The number of hydrogen-bond donors (Lipinski definition) is 2. The maximum atomic E-state index is 10.5. The van der Waals surface area contributed by atoms with Crippen molar-refractivity contribution in [2.24, 2.45) is 0 Å². The van der Waals surface area contributed by atoms with Crippen LogP contribution in [0.1, 0.15) is 12.8 Å². The summed E-state index contributed by atoms with van der Waals surface area (Å²) in [4.78, 5) is 12.4.